The van der Waals surface area contributed by atoms with E-state index in [-0.39, 0.29) is 0 Å². The third-order valence-electron chi connectivity index (χ3n) is 2.30. The molecule has 4 heteroatoms. The van der Waals surface area contributed by atoms with E-state index in [9.17, 15) is 0 Å². The summed E-state index contributed by atoms with van der Waals surface area (Å²) in [4.78, 5) is 8.02. The quantitative estimate of drug-likeness (QED) is 0.745. The van der Waals surface area contributed by atoms with Gasteiger partial charge in [0.25, 0.3) is 0 Å². The van der Waals surface area contributed by atoms with Gasteiger partial charge in [0.1, 0.15) is 6.07 Å². The molecule has 0 aliphatic carbocycles. The lowest BCUT2D eigenvalue weighted by Crippen LogP contribution is -2.06. The van der Waals surface area contributed by atoms with Crippen LogP contribution in [0.1, 0.15) is 38.8 Å². The highest BCUT2D eigenvalue weighted by atomic mass is 15.0. The lowest BCUT2D eigenvalue weighted by molar-refractivity contribution is 0.544. The molecule has 1 rings (SSSR count). The maximum absolute atomic E-state index is 8.80. The highest BCUT2D eigenvalue weighted by Gasteiger charge is 2.02. The van der Waals surface area contributed by atoms with Crippen molar-refractivity contribution in [1.29, 1.82) is 5.26 Å². The van der Waals surface area contributed by atoms with Crippen molar-refractivity contribution in [3.8, 4) is 6.07 Å². The molecule has 0 saturated heterocycles. The fourth-order valence-electron chi connectivity index (χ4n) is 1.43. The van der Waals surface area contributed by atoms with Gasteiger partial charge >= 0.3 is 0 Å². The molecule has 0 fully saturated rings. The molecule has 0 aliphatic rings. The number of nitriles is 1. The molecule has 1 aromatic heterocycles. The molecule has 1 heterocycles. The Bertz CT molecular complexity index is 354. The molecule has 0 bridgehead atoms. The van der Waals surface area contributed by atoms with E-state index in [1.54, 1.807) is 6.20 Å². The second-order valence-electron chi connectivity index (χ2n) is 4.18. The highest BCUT2D eigenvalue weighted by molar-refractivity contribution is 5.46. The van der Waals surface area contributed by atoms with Gasteiger partial charge in [-0.3, -0.25) is 0 Å². The summed E-state index contributed by atoms with van der Waals surface area (Å²) in [6, 6.07) is 2.02. The molecule has 1 N–H and O–H groups in total. The van der Waals surface area contributed by atoms with Crippen molar-refractivity contribution in [2.24, 2.45) is 5.92 Å². The molecule has 16 heavy (non-hydrogen) atoms. The van der Waals surface area contributed by atoms with E-state index in [2.05, 4.69) is 29.1 Å². The monoisotopic (exact) mass is 218 g/mol. The van der Waals surface area contributed by atoms with Gasteiger partial charge in [0, 0.05) is 18.9 Å². The Morgan fingerprint density at radius 3 is 2.75 bits per heavy atom. The van der Waals surface area contributed by atoms with Crippen molar-refractivity contribution in [2.75, 3.05) is 11.9 Å². The van der Waals surface area contributed by atoms with Crippen molar-refractivity contribution in [3.05, 3.63) is 18.1 Å². The van der Waals surface area contributed by atoms with Crippen molar-refractivity contribution in [3.63, 3.8) is 0 Å². The Morgan fingerprint density at radius 1 is 1.31 bits per heavy atom. The van der Waals surface area contributed by atoms with E-state index >= 15 is 0 Å². The standard InChI is InChI=1S/C12H18N4/c1-10(2)5-3-4-6-15-12-11(9-13)14-7-8-16-12/h7-8,10H,3-6H2,1-2H3,(H,15,16). The summed E-state index contributed by atoms with van der Waals surface area (Å²) in [7, 11) is 0. The van der Waals surface area contributed by atoms with Gasteiger partial charge in [-0.25, -0.2) is 9.97 Å². The third kappa shape index (κ3) is 4.26. The summed E-state index contributed by atoms with van der Waals surface area (Å²) in [5.74, 6) is 1.35. The molecule has 4 nitrogen and oxygen atoms in total. The van der Waals surface area contributed by atoms with Crippen molar-refractivity contribution < 1.29 is 0 Å². The number of aromatic nitrogens is 2. The van der Waals surface area contributed by atoms with E-state index < -0.39 is 0 Å². The van der Waals surface area contributed by atoms with E-state index in [1.807, 2.05) is 6.07 Å². The molecule has 0 saturated carbocycles. The first-order chi connectivity index (χ1) is 7.74. The summed E-state index contributed by atoms with van der Waals surface area (Å²) in [5, 5.41) is 11.9. The maximum Gasteiger partial charge on any atom is 0.182 e. The van der Waals surface area contributed by atoms with Crippen LogP contribution in [0.5, 0.6) is 0 Å². The van der Waals surface area contributed by atoms with Crippen molar-refractivity contribution >= 4 is 5.82 Å². The van der Waals surface area contributed by atoms with Crippen LogP contribution in [-0.2, 0) is 0 Å². The Hall–Kier alpha value is -1.63. The Kier molecular flexibility index (Phi) is 5.27. The van der Waals surface area contributed by atoms with Crippen LogP contribution >= 0.6 is 0 Å². The molecule has 86 valence electrons. The van der Waals surface area contributed by atoms with Gasteiger partial charge < -0.3 is 5.32 Å². The molecule has 0 atom stereocenters. The SMILES string of the molecule is CC(C)CCCCNc1nccnc1C#N. The van der Waals surface area contributed by atoms with Crippen LogP contribution in [0.3, 0.4) is 0 Å². The number of rotatable bonds is 6. The van der Waals surface area contributed by atoms with Gasteiger partial charge in [-0.05, 0) is 12.3 Å². The number of anilines is 1. The topological polar surface area (TPSA) is 61.6 Å². The van der Waals surface area contributed by atoms with Crippen LogP contribution in [0.4, 0.5) is 5.82 Å². The summed E-state index contributed by atoms with van der Waals surface area (Å²) >= 11 is 0. The minimum Gasteiger partial charge on any atom is -0.368 e. The van der Waals surface area contributed by atoms with Crippen LogP contribution in [-0.4, -0.2) is 16.5 Å². The molecule has 0 amide bonds. The molecule has 0 radical (unpaired) electrons. The second kappa shape index (κ2) is 6.78. The van der Waals surface area contributed by atoms with Crippen LogP contribution in [0, 0.1) is 17.2 Å². The minimum atomic E-state index is 0.367. The molecule has 0 aliphatic heterocycles. The van der Waals surface area contributed by atoms with Crippen molar-refractivity contribution in [2.45, 2.75) is 33.1 Å². The molecular formula is C12H18N4. The number of unbranched alkanes of at least 4 members (excludes halogenated alkanes) is 1. The van der Waals surface area contributed by atoms with E-state index in [0.717, 1.165) is 18.9 Å². The van der Waals surface area contributed by atoms with E-state index in [4.69, 9.17) is 5.26 Å². The van der Waals surface area contributed by atoms with Crippen LogP contribution in [0.25, 0.3) is 0 Å². The summed E-state index contributed by atoms with van der Waals surface area (Å²) in [6.07, 6.45) is 6.67. The maximum atomic E-state index is 8.80. The lowest BCUT2D eigenvalue weighted by Gasteiger charge is -2.07. The Morgan fingerprint density at radius 2 is 2.06 bits per heavy atom. The molecular weight excluding hydrogens is 200 g/mol. The van der Waals surface area contributed by atoms with E-state index in [1.165, 1.54) is 19.0 Å². The Labute approximate surface area is 96.7 Å². The minimum absolute atomic E-state index is 0.367. The fraction of sp³-hybridized carbons (Fsp3) is 0.583. The van der Waals surface area contributed by atoms with Gasteiger partial charge in [0.2, 0.25) is 0 Å². The molecule has 0 aromatic carbocycles. The largest absolute Gasteiger partial charge is 0.368 e. The van der Waals surface area contributed by atoms with Gasteiger partial charge in [-0.1, -0.05) is 26.7 Å². The van der Waals surface area contributed by atoms with Gasteiger partial charge in [0.15, 0.2) is 11.5 Å². The highest BCUT2D eigenvalue weighted by Crippen LogP contribution is 2.09. The smallest absolute Gasteiger partial charge is 0.182 e. The molecule has 0 spiro atoms. The van der Waals surface area contributed by atoms with Crippen LogP contribution in [0.15, 0.2) is 12.4 Å². The number of nitrogens with zero attached hydrogens (tertiary/aromatic N) is 3. The summed E-state index contributed by atoms with van der Waals surface area (Å²) in [6.45, 7) is 5.30. The first-order valence-corrected chi connectivity index (χ1v) is 5.69. The average Bonchev–Trinajstić information content (AvgIpc) is 2.29. The molecule has 1 aromatic rings. The number of hydrogen-bond acceptors (Lipinski definition) is 4. The zero-order valence-electron chi connectivity index (χ0n) is 9.90. The molecule has 0 unspecified atom stereocenters. The zero-order chi connectivity index (χ0) is 11.8. The predicted molar refractivity (Wildman–Crippen MR) is 63.9 cm³/mol. The van der Waals surface area contributed by atoms with Gasteiger partial charge in [0.05, 0.1) is 0 Å². The van der Waals surface area contributed by atoms with Crippen LogP contribution < -0.4 is 5.32 Å². The first-order valence-electron chi connectivity index (χ1n) is 5.69. The normalized spacial score (nSPS) is 10.1. The average molecular weight is 218 g/mol. The second-order valence-corrected chi connectivity index (χ2v) is 4.18. The predicted octanol–water partition coefficient (Wildman–Crippen LogP) is 2.59. The third-order valence-corrected chi connectivity index (χ3v) is 2.30. The number of hydrogen-bond donors (Lipinski definition) is 1. The summed E-state index contributed by atoms with van der Waals surface area (Å²) < 4.78 is 0. The number of nitrogens with one attached hydrogen (secondary N) is 1. The van der Waals surface area contributed by atoms with Crippen molar-refractivity contribution in [1.82, 2.24) is 9.97 Å². The summed E-state index contributed by atoms with van der Waals surface area (Å²) in [5.41, 5.74) is 0.367. The van der Waals surface area contributed by atoms with E-state index in [0.29, 0.717) is 11.5 Å². The van der Waals surface area contributed by atoms with Gasteiger partial charge in [-0.2, -0.15) is 5.26 Å². The first kappa shape index (κ1) is 12.4. The van der Waals surface area contributed by atoms with Gasteiger partial charge in [-0.15, -0.1) is 0 Å². The van der Waals surface area contributed by atoms with Crippen LogP contribution in [0.2, 0.25) is 0 Å². The fourth-order valence-corrected chi connectivity index (χ4v) is 1.43. The Balaban J connectivity index is 2.30. The zero-order valence-corrected chi connectivity index (χ0v) is 9.90. The lowest BCUT2D eigenvalue weighted by atomic mass is 10.1.